The standard InChI is InChI=1S/C15H21ClN6/c1-11-9-12(16)5-6-13(11)19-15-20-14(10-18-21-15)17-7-4-8-22(2)3/h5-6,9-10H,4,7-8H2,1-3H3,(H2,17,19,20,21). The third-order valence-electron chi connectivity index (χ3n) is 3.08. The normalized spacial score (nSPS) is 10.8. The van der Waals surface area contributed by atoms with Crippen molar-refractivity contribution < 1.29 is 0 Å². The molecule has 0 spiro atoms. The van der Waals surface area contributed by atoms with E-state index >= 15 is 0 Å². The molecule has 0 fully saturated rings. The summed E-state index contributed by atoms with van der Waals surface area (Å²) in [5, 5.41) is 15.1. The van der Waals surface area contributed by atoms with Crippen molar-refractivity contribution in [2.75, 3.05) is 37.8 Å². The van der Waals surface area contributed by atoms with E-state index in [-0.39, 0.29) is 0 Å². The number of benzene rings is 1. The molecule has 6 nitrogen and oxygen atoms in total. The van der Waals surface area contributed by atoms with Crippen molar-refractivity contribution in [2.24, 2.45) is 0 Å². The highest BCUT2D eigenvalue weighted by Gasteiger charge is 2.04. The van der Waals surface area contributed by atoms with Crippen LogP contribution in [0.2, 0.25) is 5.02 Å². The van der Waals surface area contributed by atoms with Gasteiger partial charge in [-0.15, -0.1) is 5.10 Å². The van der Waals surface area contributed by atoms with E-state index in [0.29, 0.717) is 16.8 Å². The summed E-state index contributed by atoms with van der Waals surface area (Å²) in [6, 6.07) is 5.62. The Labute approximate surface area is 135 Å². The highest BCUT2D eigenvalue weighted by Crippen LogP contribution is 2.22. The first-order valence-electron chi connectivity index (χ1n) is 7.16. The lowest BCUT2D eigenvalue weighted by Gasteiger charge is -2.11. The van der Waals surface area contributed by atoms with Gasteiger partial charge in [0.2, 0.25) is 5.95 Å². The minimum absolute atomic E-state index is 0.461. The fraction of sp³-hybridized carbons (Fsp3) is 0.400. The van der Waals surface area contributed by atoms with Crippen molar-refractivity contribution in [3.05, 3.63) is 35.0 Å². The molecule has 1 aromatic heterocycles. The fourth-order valence-corrected chi connectivity index (χ4v) is 2.17. The zero-order valence-electron chi connectivity index (χ0n) is 13.1. The number of aromatic nitrogens is 3. The van der Waals surface area contributed by atoms with E-state index in [9.17, 15) is 0 Å². The van der Waals surface area contributed by atoms with Crippen molar-refractivity contribution in [2.45, 2.75) is 13.3 Å². The van der Waals surface area contributed by atoms with Gasteiger partial charge in [0, 0.05) is 17.3 Å². The van der Waals surface area contributed by atoms with Gasteiger partial charge in [-0.3, -0.25) is 0 Å². The number of aryl methyl sites for hydroxylation is 1. The second kappa shape index (κ2) is 7.91. The zero-order chi connectivity index (χ0) is 15.9. The first-order chi connectivity index (χ1) is 10.5. The summed E-state index contributed by atoms with van der Waals surface area (Å²) in [5.41, 5.74) is 1.94. The lowest BCUT2D eigenvalue weighted by Crippen LogP contribution is -2.17. The predicted molar refractivity (Wildman–Crippen MR) is 91.0 cm³/mol. The SMILES string of the molecule is Cc1cc(Cl)ccc1Nc1nncc(NCCCN(C)C)n1. The predicted octanol–water partition coefficient (Wildman–Crippen LogP) is 2.94. The Hall–Kier alpha value is -1.92. The molecule has 0 saturated carbocycles. The Kier molecular flexibility index (Phi) is 5.91. The van der Waals surface area contributed by atoms with E-state index in [4.69, 9.17) is 11.6 Å². The monoisotopic (exact) mass is 320 g/mol. The van der Waals surface area contributed by atoms with Crippen molar-refractivity contribution >= 4 is 29.1 Å². The van der Waals surface area contributed by atoms with Gasteiger partial charge in [0.1, 0.15) is 0 Å². The third kappa shape index (κ3) is 5.13. The third-order valence-corrected chi connectivity index (χ3v) is 3.32. The van der Waals surface area contributed by atoms with Gasteiger partial charge in [-0.1, -0.05) is 11.6 Å². The molecule has 1 heterocycles. The van der Waals surface area contributed by atoms with Gasteiger partial charge in [-0.2, -0.15) is 10.1 Å². The van der Waals surface area contributed by atoms with Crippen molar-refractivity contribution in [1.82, 2.24) is 20.1 Å². The van der Waals surface area contributed by atoms with Crippen molar-refractivity contribution in [3.63, 3.8) is 0 Å². The summed E-state index contributed by atoms with van der Waals surface area (Å²) in [6.45, 7) is 3.85. The van der Waals surface area contributed by atoms with Crippen molar-refractivity contribution in [1.29, 1.82) is 0 Å². The van der Waals surface area contributed by atoms with Crippen LogP contribution >= 0.6 is 11.6 Å². The Morgan fingerprint density at radius 2 is 2.09 bits per heavy atom. The van der Waals surface area contributed by atoms with Crippen molar-refractivity contribution in [3.8, 4) is 0 Å². The molecule has 0 amide bonds. The van der Waals surface area contributed by atoms with Crippen LogP contribution in [0.15, 0.2) is 24.4 Å². The smallest absolute Gasteiger partial charge is 0.249 e. The molecule has 0 saturated heterocycles. The molecule has 7 heteroatoms. The molecule has 2 aromatic rings. The number of hydrogen-bond acceptors (Lipinski definition) is 6. The lowest BCUT2D eigenvalue weighted by atomic mass is 10.2. The number of nitrogens with one attached hydrogen (secondary N) is 2. The largest absolute Gasteiger partial charge is 0.369 e. The maximum atomic E-state index is 5.95. The van der Waals surface area contributed by atoms with E-state index < -0.39 is 0 Å². The Morgan fingerprint density at radius 3 is 2.82 bits per heavy atom. The topological polar surface area (TPSA) is 66.0 Å². The van der Waals surface area contributed by atoms with Crippen LogP contribution in [0.4, 0.5) is 17.5 Å². The molecule has 118 valence electrons. The highest BCUT2D eigenvalue weighted by molar-refractivity contribution is 6.30. The minimum Gasteiger partial charge on any atom is -0.369 e. The second-order valence-corrected chi connectivity index (χ2v) is 5.77. The second-order valence-electron chi connectivity index (χ2n) is 5.33. The summed E-state index contributed by atoms with van der Waals surface area (Å²) >= 11 is 5.95. The van der Waals surface area contributed by atoms with Crippen LogP contribution in [0.3, 0.4) is 0 Å². The summed E-state index contributed by atoms with van der Waals surface area (Å²) < 4.78 is 0. The zero-order valence-corrected chi connectivity index (χ0v) is 13.9. The molecule has 22 heavy (non-hydrogen) atoms. The molecule has 0 aliphatic rings. The van der Waals surface area contributed by atoms with Crippen LogP contribution in [0.1, 0.15) is 12.0 Å². The number of halogens is 1. The van der Waals surface area contributed by atoms with E-state index in [1.54, 1.807) is 6.20 Å². The molecule has 0 atom stereocenters. The summed E-state index contributed by atoms with van der Waals surface area (Å²) in [5.74, 6) is 1.17. The molecule has 0 aliphatic heterocycles. The summed E-state index contributed by atoms with van der Waals surface area (Å²) in [4.78, 5) is 6.55. The average Bonchev–Trinajstić information content (AvgIpc) is 2.47. The van der Waals surface area contributed by atoms with Crippen LogP contribution in [0.25, 0.3) is 0 Å². The van der Waals surface area contributed by atoms with E-state index in [2.05, 4.69) is 44.8 Å². The van der Waals surface area contributed by atoms with Gasteiger partial charge < -0.3 is 15.5 Å². The molecule has 2 N–H and O–H groups in total. The number of anilines is 3. The molecule has 0 bridgehead atoms. The number of nitrogens with zero attached hydrogens (tertiary/aromatic N) is 4. The molecule has 2 rings (SSSR count). The first kappa shape index (κ1) is 16.5. The van der Waals surface area contributed by atoms with Gasteiger partial charge in [-0.05, 0) is 57.7 Å². The molecular formula is C15H21ClN6. The van der Waals surface area contributed by atoms with E-state index in [0.717, 1.165) is 30.8 Å². The lowest BCUT2D eigenvalue weighted by molar-refractivity contribution is 0.405. The molecular weight excluding hydrogens is 300 g/mol. The molecule has 1 aromatic carbocycles. The number of hydrogen-bond donors (Lipinski definition) is 2. The summed E-state index contributed by atoms with van der Waals surface area (Å²) in [7, 11) is 4.12. The van der Waals surface area contributed by atoms with Gasteiger partial charge in [0.15, 0.2) is 5.82 Å². The molecule has 0 unspecified atom stereocenters. The maximum Gasteiger partial charge on any atom is 0.249 e. The minimum atomic E-state index is 0.461. The van der Waals surface area contributed by atoms with E-state index in [1.807, 2.05) is 25.1 Å². The highest BCUT2D eigenvalue weighted by atomic mass is 35.5. The van der Waals surface area contributed by atoms with Crippen LogP contribution in [-0.4, -0.2) is 47.3 Å². The van der Waals surface area contributed by atoms with Gasteiger partial charge in [-0.25, -0.2) is 0 Å². The fourth-order valence-electron chi connectivity index (χ4n) is 1.94. The van der Waals surface area contributed by atoms with Gasteiger partial charge >= 0.3 is 0 Å². The van der Waals surface area contributed by atoms with E-state index in [1.165, 1.54) is 0 Å². The van der Waals surface area contributed by atoms with Crippen LogP contribution in [0, 0.1) is 6.92 Å². The van der Waals surface area contributed by atoms with Crippen LogP contribution in [0.5, 0.6) is 0 Å². The molecule has 0 radical (unpaired) electrons. The van der Waals surface area contributed by atoms with Gasteiger partial charge in [0.05, 0.1) is 6.20 Å². The first-order valence-corrected chi connectivity index (χ1v) is 7.54. The van der Waals surface area contributed by atoms with Gasteiger partial charge in [0.25, 0.3) is 0 Å². The Morgan fingerprint density at radius 1 is 1.27 bits per heavy atom. The number of rotatable bonds is 7. The Bertz CT molecular complexity index is 617. The van der Waals surface area contributed by atoms with Crippen LogP contribution < -0.4 is 10.6 Å². The quantitative estimate of drug-likeness (QED) is 0.765. The average molecular weight is 321 g/mol. The Balaban J connectivity index is 1.96. The maximum absolute atomic E-state index is 5.95. The van der Waals surface area contributed by atoms with Crippen LogP contribution in [-0.2, 0) is 0 Å². The molecule has 0 aliphatic carbocycles. The summed E-state index contributed by atoms with van der Waals surface area (Å²) in [6.07, 6.45) is 2.66.